The smallest absolute Gasteiger partial charge is 0.260 e. The Morgan fingerprint density at radius 3 is 2.52 bits per heavy atom. The zero-order valence-electron chi connectivity index (χ0n) is 16.7. The fraction of sp³-hybridized carbons (Fsp3) is 0.364. The predicted octanol–water partition coefficient (Wildman–Crippen LogP) is 2.61. The second kappa shape index (κ2) is 8.57. The normalized spacial score (nSPS) is 15.0. The molecule has 0 atom stereocenters. The van der Waals surface area contributed by atoms with Crippen LogP contribution in [0.3, 0.4) is 0 Å². The molecule has 1 aliphatic heterocycles. The van der Waals surface area contributed by atoms with Gasteiger partial charge in [-0.3, -0.25) is 9.69 Å². The van der Waals surface area contributed by atoms with Gasteiger partial charge in [-0.2, -0.15) is 0 Å². The second-order valence-corrected chi connectivity index (χ2v) is 8.43. The van der Waals surface area contributed by atoms with E-state index in [0.29, 0.717) is 17.2 Å². The van der Waals surface area contributed by atoms with Crippen molar-refractivity contribution in [3.05, 3.63) is 58.9 Å². The molecule has 3 aromatic rings. The molecule has 0 aliphatic carbocycles. The van der Waals surface area contributed by atoms with Crippen molar-refractivity contribution in [2.75, 3.05) is 44.3 Å². The number of anilines is 1. The number of benzene rings is 2. The number of carbonyl (C=O) groups is 1. The summed E-state index contributed by atoms with van der Waals surface area (Å²) in [5, 5.41) is 0.694. The molecule has 0 bridgehead atoms. The van der Waals surface area contributed by atoms with Crippen LogP contribution in [0.4, 0.5) is 9.52 Å². The number of quaternary nitrogens is 1. The number of aromatic nitrogens is 1. The summed E-state index contributed by atoms with van der Waals surface area (Å²) in [5.41, 5.74) is 3.67. The molecule has 5 nitrogen and oxygen atoms in total. The lowest BCUT2D eigenvalue weighted by atomic mass is 10.1. The number of amides is 1. The Morgan fingerprint density at radius 2 is 1.83 bits per heavy atom. The molecule has 152 valence electrons. The summed E-state index contributed by atoms with van der Waals surface area (Å²) < 4.78 is 19.9. The molecule has 1 saturated heterocycles. The molecule has 0 unspecified atom stereocenters. The summed E-state index contributed by atoms with van der Waals surface area (Å²) >= 11 is 1.54. The van der Waals surface area contributed by atoms with Crippen molar-refractivity contribution >= 4 is 32.6 Å². The topological polar surface area (TPSA) is 46.9 Å². The van der Waals surface area contributed by atoms with Crippen molar-refractivity contribution in [1.29, 1.82) is 0 Å². The molecule has 0 spiro atoms. The molecule has 29 heavy (non-hydrogen) atoms. The van der Waals surface area contributed by atoms with Crippen LogP contribution in [0.5, 0.6) is 0 Å². The Kier molecular flexibility index (Phi) is 5.89. The summed E-state index contributed by atoms with van der Waals surface area (Å²) in [6, 6.07) is 9.87. The zero-order valence-corrected chi connectivity index (χ0v) is 17.5. The Labute approximate surface area is 173 Å². The average Bonchev–Trinajstić information content (AvgIpc) is 3.19. The van der Waals surface area contributed by atoms with Crippen LogP contribution in [0.15, 0.2) is 36.4 Å². The molecule has 1 fully saturated rings. The van der Waals surface area contributed by atoms with E-state index in [0.717, 1.165) is 54.2 Å². The van der Waals surface area contributed by atoms with Gasteiger partial charge in [-0.15, -0.1) is 0 Å². The summed E-state index contributed by atoms with van der Waals surface area (Å²) in [4.78, 5) is 21.3. The third-order valence-corrected chi connectivity index (χ3v) is 6.60. The molecule has 4 rings (SSSR count). The number of nitrogens with zero attached hydrogens (tertiary/aromatic N) is 2. The standard InChI is InChI=1S/C22H24FN3O2S/c1-15-3-4-16(2)20-19(15)24-22(29-20)26(10-9-25-11-13-28-14-12-25)21(27)17-5-7-18(23)8-6-17/h3-8H,9-14H2,1-2H3/p+1. The van der Waals surface area contributed by atoms with E-state index in [2.05, 4.69) is 19.1 Å². The summed E-state index contributed by atoms with van der Waals surface area (Å²) in [6.45, 7) is 8.87. The third kappa shape index (κ3) is 4.32. The fourth-order valence-electron chi connectivity index (χ4n) is 3.58. The first-order chi connectivity index (χ1) is 14.0. The first-order valence-electron chi connectivity index (χ1n) is 9.88. The van der Waals surface area contributed by atoms with Crippen LogP contribution >= 0.6 is 11.3 Å². The lowest BCUT2D eigenvalue weighted by Gasteiger charge is -2.27. The number of morpholine rings is 1. The lowest BCUT2D eigenvalue weighted by Crippen LogP contribution is -3.14. The van der Waals surface area contributed by atoms with Gasteiger partial charge in [0.25, 0.3) is 5.91 Å². The van der Waals surface area contributed by atoms with Gasteiger partial charge in [-0.1, -0.05) is 23.5 Å². The van der Waals surface area contributed by atoms with Crippen molar-refractivity contribution in [2.24, 2.45) is 0 Å². The number of carbonyl (C=O) groups excluding carboxylic acids is 1. The van der Waals surface area contributed by atoms with E-state index in [4.69, 9.17) is 9.72 Å². The van der Waals surface area contributed by atoms with Crippen molar-refractivity contribution in [3.63, 3.8) is 0 Å². The van der Waals surface area contributed by atoms with E-state index < -0.39 is 0 Å². The molecule has 0 radical (unpaired) electrons. The molecular weight excluding hydrogens is 389 g/mol. The Hall–Kier alpha value is -2.35. The molecular formula is C22H25FN3O2S+. The quantitative estimate of drug-likeness (QED) is 0.698. The van der Waals surface area contributed by atoms with Crippen LogP contribution in [-0.4, -0.2) is 50.3 Å². The van der Waals surface area contributed by atoms with E-state index in [9.17, 15) is 9.18 Å². The van der Waals surface area contributed by atoms with Gasteiger partial charge in [0.2, 0.25) is 0 Å². The first kappa shape index (κ1) is 19.9. The van der Waals surface area contributed by atoms with Crippen molar-refractivity contribution < 1.29 is 18.8 Å². The van der Waals surface area contributed by atoms with E-state index in [-0.39, 0.29) is 11.7 Å². The van der Waals surface area contributed by atoms with Crippen LogP contribution in [0.1, 0.15) is 21.5 Å². The molecule has 2 aromatic carbocycles. The van der Waals surface area contributed by atoms with Crippen molar-refractivity contribution in [1.82, 2.24) is 4.98 Å². The minimum absolute atomic E-state index is 0.146. The number of rotatable bonds is 5. The van der Waals surface area contributed by atoms with Gasteiger partial charge >= 0.3 is 0 Å². The maximum absolute atomic E-state index is 13.3. The molecule has 2 heterocycles. The molecule has 0 saturated carbocycles. The van der Waals surface area contributed by atoms with Crippen LogP contribution in [0, 0.1) is 19.7 Å². The van der Waals surface area contributed by atoms with Gasteiger partial charge in [-0.05, 0) is 49.2 Å². The Morgan fingerprint density at radius 1 is 1.14 bits per heavy atom. The minimum Gasteiger partial charge on any atom is -0.370 e. The van der Waals surface area contributed by atoms with E-state index in [1.165, 1.54) is 29.2 Å². The highest BCUT2D eigenvalue weighted by Gasteiger charge is 2.24. The molecule has 1 amide bonds. The van der Waals surface area contributed by atoms with Gasteiger partial charge in [0.15, 0.2) is 5.13 Å². The number of hydrogen-bond acceptors (Lipinski definition) is 4. The maximum atomic E-state index is 13.3. The Balaban J connectivity index is 1.67. The average molecular weight is 415 g/mol. The number of hydrogen-bond donors (Lipinski definition) is 1. The largest absolute Gasteiger partial charge is 0.370 e. The van der Waals surface area contributed by atoms with Crippen molar-refractivity contribution in [3.8, 4) is 0 Å². The zero-order chi connectivity index (χ0) is 20.4. The van der Waals surface area contributed by atoms with Crippen molar-refractivity contribution in [2.45, 2.75) is 13.8 Å². The summed E-state index contributed by atoms with van der Waals surface area (Å²) in [6.07, 6.45) is 0. The molecule has 1 aliphatic rings. The highest BCUT2D eigenvalue weighted by atomic mass is 32.1. The molecule has 7 heteroatoms. The third-order valence-electron chi connectivity index (χ3n) is 5.39. The predicted molar refractivity (Wildman–Crippen MR) is 114 cm³/mol. The number of fused-ring (bicyclic) bond motifs is 1. The van der Waals surface area contributed by atoms with Crippen LogP contribution < -0.4 is 9.80 Å². The molecule has 1 N–H and O–H groups in total. The summed E-state index contributed by atoms with van der Waals surface area (Å²) in [5.74, 6) is -0.496. The Bertz CT molecular complexity index is 974. The first-order valence-corrected chi connectivity index (χ1v) is 10.7. The lowest BCUT2D eigenvalue weighted by molar-refractivity contribution is -0.906. The fourth-order valence-corrected chi connectivity index (χ4v) is 4.71. The number of nitrogens with one attached hydrogen (secondary N) is 1. The van der Waals surface area contributed by atoms with Crippen LogP contribution in [0.2, 0.25) is 0 Å². The van der Waals surface area contributed by atoms with E-state index >= 15 is 0 Å². The van der Waals surface area contributed by atoms with Gasteiger partial charge in [0.05, 0.1) is 36.5 Å². The number of thiazole rings is 1. The second-order valence-electron chi connectivity index (χ2n) is 7.45. The van der Waals surface area contributed by atoms with Gasteiger partial charge in [0, 0.05) is 5.56 Å². The molecule has 1 aromatic heterocycles. The number of aryl methyl sites for hydroxylation is 2. The minimum atomic E-state index is -0.350. The van der Waals surface area contributed by atoms with Crippen LogP contribution in [0.25, 0.3) is 10.2 Å². The monoisotopic (exact) mass is 414 g/mol. The van der Waals surface area contributed by atoms with E-state index in [1.54, 1.807) is 16.2 Å². The van der Waals surface area contributed by atoms with Gasteiger partial charge < -0.3 is 9.64 Å². The highest BCUT2D eigenvalue weighted by Crippen LogP contribution is 2.33. The van der Waals surface area contributed by atoms with Gasteiger partial charge in [-0.25, -0.2) is 9.37 Å². The number of ether oxygens (including phenoxy) is 1. The van der Waals surface area contributed by atoms with E-state index in [1.807, 2.05) is 6.92 Å². The van der Waals surface area contributed by atoms with Gasteiger partial charge in [0.1, 0.15) is 18.9 Å². The highest BCUT2D eigenvalue weighted by molar-refractivity contribution is 7.22. The SMILES string of the molecule is Cc1ccc(C)c2sc(N(CC[NH+]3CCOCC3)C(=O)c3ccc(F)cc3)nc12. The number of halogens is 1. The van der Waals surface area contributed by atoms with Crippen LogP contribution in [-0.2, 0) is 4.74 Å². The summed E-state index contributed by atoms with van der Waals surface area (Å²) in [7, 11) is 0. The maximum Gasteiger partial charge on any atom is 0.260 e.